The van der Waals surface area contributed by atoms with Gasteiger partial charge in [0, 0.05) is 11.6 Å². The van der Waals surface area contributed by atoms with Crippen molar-refractivity contribution in [1.82, 2.24) is 5.32 Å². The molecule has 0 radical (unpaired) electrons. The Hall–Kier alpha value is -1.06. The third-order valence-electron chi connectivity index (χ3n) is 3.65. The molecular formula is C15H26N2O. The van der Waals surface area contributed by atoms with E-state index >= 15 is 0 Å². The van der Waals surface area contributed by atoms with Gasteiger partial charge in [-0.3, -0.25) is 0 Å². The van der Waals surface area contributed by atoms with Crippen LogP contribution in [-0.4, -0.2) is 19.7 Å². The van der Waals surface area contributed by atoms with Gasteiger partial charge in [0.15, 0.2) is 0 Å². The predicted molar refractivity (Wildman–Crippen MR) is 77.3 cm³/mol. The topological polar surface area (TPSA) is 47.3 Å². The number of likely N-dealkylation sites (N-methyl/N-ethyl adjacent to an activating group) is 1. The van der Waals surface area contributed by atoms with E-state index in [9.17, 15) is 0 Å². The van der Waals surface area contributed by atoms with Crippen molar-refractivity contribution >= 4 is 0 Å². The fraction of sp³-hybridized carbons (Fsp3) is 0.600. The first-order chi connectivity index (χ1) is 8.23. The van der Waals surface area contributed by atoms with Gasteiger partial charge in [-0.25, -0.2) is 0 Å². The zero-order valence-corrected chi connectivity index (χ0v) is 12.6. The molecule has 1 aromatic carbocycles. The summed E-state index contributed by atoms with van der Waals surface area (Å²) in [6, 6.07) is 2.22. The van der Waals surface area contributed by atoms with E-state index in [0.717, 1.165) is 5.75 Å². The highest BCUT2D eigenvalue weighted by atomic mass is 16.5. The van der Waals surface area contributed by atoms with Crippen molar-refractivity contribution in [2.45, 2.75) is 46.2 Å². The third kappa shape index (κ3) is 2.68. The van der Waals surface area contributed by atoms with Crippen LogP contribution >= 0.6 is 0 Å². The molecule has 0 saturated carbocycles. The number of ether oxygens (including phenoxy) is 1. The molecule has 0 saturated heterocycles. The molecule has 0 aromatic heterocycles. The van der Waals surface area contributed by atoms with Gasteiger partial charge in [0.25, 0.3) is 0 Å². The fourth-order valence-electron chi connectivity index (χ4n) is 2.61. The summed E-state index contributed by atoms with van der Waals surface area (Å²) in [5.74, 6) is 0.943. The molecule has 0 aliphatic carbocycles. The number of rotatable bonds is 4. The van der Waals surface area contributed by atoms with Crippen molar-refractivity contribution in [2.75, 3.05) is 14.2 Å². The van der Waals surface area contributed by atoms with Gasteiger partial charge in [-0.15, -0.1) is 0 Å². The van der Waals surface area contributed by atoms with E-state index in [1.54, 1.807) is 7.11 Å². The summed E-state index contributed by atoms with van der Waals surface area (Å²) < 4.78 is 5.41. The molecule has 0 spiro atoms. The second kappa shape index (κ2) is 5.29. The van der Waals surface area contributed by atoms with Crippen LogP contribution in [0.1, 0.15) is 42.1 Å². The average molecular weight is 250 g/mol. The van der Waals surface area contributed by atoms with Crippen molar-refractivity contribution in [3.05, 3.63) is 28.3 Å². The van der Waals surface area contributed by atoms with Gasteiger partial charge in [-0.1, -0.05) is 0 Å². The second-order valence-corrected chi connectivity index (χ2v) is 5.60. The van der Waals surface area contributed by atoms with E-state index in [-0.39, 0.29) is 11.6 Å². The molecule has 0 amide bonds. The molecular weight excluding hydrogens is 224 g/mol. The van der Waals surface area contributed by atoms with Crippen LogP contribution in [0.5, 0.6) is 5.75 Å². The molecule has 0 bridgehead atoms. The van der Waals surface area contributed by atoms with Crippen LogP contribution in [0, 0.1) is 20.8 Å². The summed E-state index contributed by atoms with van der Waals surface area (Å²) in [6.45, 7) is 10.4. The molecule has 0 aliphatic heterocycles. The Labute approximate surface area is 111 Å². The standard InChI is InChI=1S/C15H26N2O/c1-9-8-12(18-7)10(2)11(3)13(9)14(17-6)15(4,5)16/h8,14,17H,16H2,1-7H3. The van der Waals surface area contributed by atoms with Crippen LogP contribution in [0.3, 0.4) is 0 Å². The summed E-state index contributed by atoms with van der Waals surface area (Å²) >= 11 is 0. The lowest BCUT2D eigenvalue weighted by Gasteiger charge is -2.33. The largest absolute Gasteiger partial charge is 0.496 e. The van der Waals surface area contributed by atoms with Gasteiger partial charge < -0.3 is 15.8 Å². The maximum Gasteiger partial charge on any atom is 0.122 e. The summed E-state index contributed by atoms with van der Waals surface area (Å²) in [5.41, 5.74) is 10.9. The molecule has 1 atom stereocenters. The van der Waals surface area contributed by atoms with Crippen molar-refractivity contribution in [1.29, 1.82) is 0 Å². The normalized spacial score (nSPS) is 13.6. The Kier molecular flexibility index (Phi) is 4.41. The van der Waals surface area contributed by atoms with Crippen molar-refractivity contribution in [3.63, 3.8) is 0 Å². The Morgan fingerprint density at radius 2 is 1.78 bits per heavy atom. The summed E-state index contributed by atoms with van der Waals surface area (Å²) in [4.78, 5) is 0. The maximum atomic E-state index is 6.29. The highest BCUT2D eigenvalue weighted by molar-refractivity contribution is 5.50. The molecule has 18 heavy (non-hydrogen) atoms. The molecule has 3 N–H and O–H groups in total. The molecule has 1 aromatic rings. The van der Waals surface area contributed by atoms with Crippen LogP contribution in [0.4, 0.5) is 0 Å². The van der Waals surface area contributed by atoms with Crippen LogP contribution < -0.4 is 15.8 Å². The minimum Gasteiger partial charge on any atom is -0.496 e. The Balaban J connectivity index is 3.46. The first kappa shape index (κ1) is 15.0. The number of methoxy groups -OCH3 is 1. The monoisotopic (exact) mass is 250 g/mol. The molecule has 1 rings (SSSR count). The molecule has 0 aliphatic rings. The molecule has 1 unspecified atom stereocenters. The number of nitrogens with one attached hydrogen (secondary N) is 1. The van der Waals surface area contributed by atoms with Gasteiger partial charge in [-0.05, 0) is 70.0 Å². The van der Waals surface area contributed by atoms with Crippen molar-refractivity contribution in [2.24, 2.45) is 5.73 Å². The lowest BCUT2D eigenvalue weighted by molar-refractivity contribution is 0.365. The van der Waals surface area contributed by atoms with Crippen LogP contribution in [-0.2, 0) is 0 Å². The summed E-state index contributed by atoms with van der Waals surface area (Å²) in [6.07, 6.45) is 0. The van der Waals surface area contributed by atoms with Crippen LogP contribution in [0.25, 0.3) is 0 Å². The highest BCUT2D eigenvalue weighted by Gasteiger charge is 2.28. The number of nitrogens with two attached hydrogens (primary N) is 1. The molecule has 0 heterocycles. The smallest absolute Gasteiger partial charge is 0.122 e. The minimum absolute atomic E-state index is 0.127. The van der Waals surface area contributed by atoms with Gasteiger partial charge >= 0.3 is 0 Å². The quantitative estimate of drug-likeness (QED) is 0.863. The highest BCUT2D eigenvalue weighted by Crippen LogP contribution is 2.34. The van der Waals surface area contributed by atoms with E-state index in [1.807, 2.05) is 20.9 Å². The van der Waals surface area contributed by atoms with Crippen LogP contribution in [0.2, 0.25) is 0 Å². The maximum absolute atomic E-state index is 6.29. The van der Waals surface area contributed by atoms with Gasteiger partial charge in [0.1, 0.15) is 5.75 Å². The van der Waals surface area contributed by atoms with E-state index < -0.39 is 0 Å². The molecule has 0 fully saturated rings. The zero-order valence-electron chi connectivity index (χ0n) is 12.6. The summed E-state index contributed by atoms with van der Waals surface area (Å²) in [7, 11) is 3.67. The minimum atomic E-state index is -0.314. The first-order valence-corrected chi connectivity index (χ1v) is 6.34. The first-order valence-electron chi connectivity index (χ1n) is 6.34. The van der Waals surface area contributed by atoms with E-state index in [1.165, 1.54) is 22.3 Å². The van der Waals surface area contributed by atoms with Gasteiger partial charge in [0.05, 0.1) is 7.11 Å². The average Bonchev–Trinajstić information content (AvgIpc) is 2.27. The predicted octanol–water partition coefficient (Wildman–Crippen LogP) is 2.62. The molecule has 3 nitrogen and oxygen atoms in total. The fourth-order valence-corrected chi connectivity index (χ4v) is 2.61. The van der Waals surface area contributed by atoms with Crippen molar-refractivity contribution in [3.8, 4) is 5.75 Å². The third-order valence-corrected chi connectivity index (χ3v) is 3.65. The zero-order chi connectivity index (χ0) is 14.1. The lowest BCUT2D eigenvalue weighted by Crippen LogP contribution is -2.45. The van der Waals surface area contributed by atoms with Gasteiger partial charge in [-0.2, -0.15) is 0 Å². The summed E-state index contributed by atoms with van der Waals surface area (Å²) in [5, 5.41) is 3.34. The number of hydrogen-bond donors (Lipinski definition) is 2. The second-order valence-electron chi connectivity index (χ2n) is 5.60. The number of hydrogen-bond acceptors (Lipinski definition) is 3. The van der Waals surface area contributed by atoms with E-state index in [4.69, 9.17) is 10.5 Å². The van der Waals surface area contributed by atoms with E-state index in [2.05, 4.69) is 32.2 Å². The van der Waals surface area contributed by atoms with Crippen molar-refractivity contribution < 1.29 is 4.74 Å². The Bertz CT molecular complexity index is 433. The molecule has 102 valence electrons. The molecule has 3 heteroatoms. The number of benzene rings is 1. The van der Waals surface area contributed by atoms with Crippen LogP contribution in [0.15, 0.2) is 6.07 Å². The number of aryl methyl sites for hydroxylation is 1. The SMILES string of the molecule is CNC(c1c(C)cc(OC)c(C)c1C)C(C)(C)N. The Morgan fingerprint density at radius 3 is 2.17 bits per heavy atom. The van der Waals surface area contributed by atoms with E-state index in [0.29, 0.717) is 0 Å². The Morgan fingerprint density at radius 1 is 1.22 bits per heavy atom. The lowest BCUT2D eigenvalue weighted by atomic mass is 9.83. The van der Waals surface area contributed by atoms with Gasteiger partial charge in [0.2, 0.25) is 0 Å².